The Morgan fingerprint density at radius 3 is 2.80 bits per heavy atom. The molecule has 0 aromatic carbocycles. The van der Waals surface area contributed by atoms with E-state index in [0.717, 1.165) is 36.2 Å². The number of rotatable bonds is 4. The molecule has 8 heteroatoms. The first-order chi connectivity index (χ1) is 12.1. The predicted octanol–water partition coefficient (Wildman–Crippen LogP) is 3.76. The highest BCUT2D eigenvalue weighted by Gasteiger charge is 2.26. The number of nitrogens with zero attached hydrogens (tertiary/aromatic N) is 3. The van der Waals surface area contributed by atoms with Crippen LogP contribution in [0.15, 0.2) is 35.1 Å². The summed E-state index contributed by atoms with van der Waals surface area (Å²) in [6, 6.07) is 5.51. The van der Waals surface area contributed by atoms with E-state index in [4.69, 9.17) is 16.3 Å². The summed E-state index contributed by atoms with van der Waals surface area (Å²) < 4.78 is 5.98. The van der Waals surface area contributed by atoms with Gasteiger partial charge in [-0.05, 0) is 47.0 Å². The Kier molecular flexibility index (Phi) is 5.75. The third kappa shape index (κ3) is 4.22. The number of halogens is 2. The van der Waals surface area contributed by atoms with Gasteiger partial charge >= 0.3 is 0 Å². The molecule has 0 unspecified atom stereocenters. The van der Waals surface area contributed by atoms with Gasteiger partial charge in [-0.3, -0.25) is 4.79 Å². The van der Waals surface area contributed by atoms with Gasteiger partial charge in [0.05, 0.1) is 23.5 Å². The van der Waals surface area contributed by atoms with Crippen molar-refractivity contribution >= 4 is 44.9 Å². The zero-order valence-corrected chi connectivity index (χ0v) is 16.0. The lowest BCUT2D eigenvalue weighted by atomic mass is 9.96. The van der Waals surface area contributed by atoms with E-state index in [2.05, 4.69) is 36.1 Å². The highest BCUT2D eigenvalue weighted by atomic mass is 79.9. The SMILES string of the molecule is COc1ncc(NC(=O)C2CCN(c3ncccc3Br)CC2)cc1Cl. The van der Waals surface area contributed by atoms with Crippen LogP contribution in [-0.4, -0.2) is 36.1 Å². The minimum atomic E-state index is -0.0420. The van der Waals surface area contributed by atoms with E-state index in [0.29, 0.717) is 16.6 Å². The molecule has 0 radical (unpaired) electrons. The van der Waals surface area contributed by atoms with Crippen LogP contribution in [-0.2, 0) is 4.79 Å². The monoisotopic (exact) mass is 424 g/mol. The van der Waals surface area contributed by atoms with Crippen molar-refractivity contribution in [2.24, 2.45) is 5.92 Å². The topological polar surface area (TPSA) is 67.3 Å². The maximum absolute atomic E-state index is 12.5. The van der Waals surface area contributed by atoms with E-state index in [1.807, 2.05) is 12.1 Å². The fourth-order valence-electron chi connectivity index (χ4n) is 2.85. The highest BCUT2D eigenvalue weighted by Crippen LogP contribution is 2.29. The molecule has 2 aromatic rings. The molecule has 1 aliphatic rings. The first kappa shape index (κ1) is 17.9. The molecule has 132 valence electrons. The van der Waals surface area contributed by atoms with Gasteiger partial charge in [0.15, 0.2) is 0 Å². The largest absolute Gasteiger partial charge is 0.480 e. The van der Waals surface area contributed by atoms with Crippen LogP contribution in [0.25, 0.3) is 0 Å². The highest BCUT2D eigenvalue weighted by molar-refractivity contribution is 9.10. The molecule has 2 aromatic heterocycles. The Morgan fingerprint density at radius 2 is 2.16 bits per heavy atom. The van der Waals surface area contributed by atoms with Crippen LogP contribution in [0.3, 0.4) is 0 Å². The molecule has 1 saturated heterocycles. The average Bonchev–Trinajstić information content (AvgIpc) is 2.62. The molecule has 3 rings (SSSR count). The number of carbonyl (C=O) groups excluding carboxylic acids is 1. The first-order valence-corrected chi connectivity index (χ1v) is 9.11. The van der Waals surface area contributed by atoms with Crippen molar-refractivity contribution in [1.82, 2.24) is 9.97 Å². The second kappa shape index (κ2) is 8.01. The molecule has 0 bridgehead atoms. The summed E-state index contributed by atoms with van der Waals surface area (Å²) in [5, 5.41) is 3.26. The summed E-state index contributed by atoms with van der Waals surface area (Å²) in [6.45, 7) is 1.57. The minimum Gasteiger partial charge on any atom is -0.480 e. The Morgan fingerprint density at radius 1 is 1.40 bits per heavy atom. The maximum atomic E-state index is 12.5. The molecule has 0 spiro atoms. The zero-order valence-electron chi connectivity index (χ0n) is 13.7. The van der Waals surface area contributed by atoms with Crippen LogP contribution in [0.2, 0.25) is 5.02 Å². The fraction of sp³-hybridized carbons (Fsp3) is 0.353. The molecule has 6 nitrogen and oxygen atoms in total. The van der Waals surface area contributed by atoms with Gasteiger partial charge in [0.2, 0.25) is 11.8 Å². The molecule has 3 heterocycles. The third-order valence-corrected chi connectivity index (χ3v) is 5.06. The number of pyridine rings is 2. The van der Waals surface area contributed by atoms with Gasteiger partial charge in [0, 0.05) is 25.2 Å². The van der Waals surface area contributed by atoms with E-state index in [9.17, 15) is 4.79 Å². The number of piperidine rings is 1. The second-order valence-electron chi connectivity index (χ2n) is 5.77. The number of carbonyl (C=O) groups is 1. The molecule has 25 heavy (non-hydrogen) atoms. The van der Waals surface area contributed by atoms with Gasteiger partial charge in [0.1, 0.15) is 10.8 Å². The Labute approximate surface area is 159 Å². The molecular formula is C17H18BrClN4O2. The molecule has 1 aliphatic heterocycles. The molecule has 1 N–H and O–H groups in total. The smallest absolute Gasteiger partial charge is 0.232 e. The molecule has 1 amide bonds. The van der Waals surface area contributed by atoms with E-state index in [1.165, 1.54) is 7.11 Å². The van der Waals surface area contributed by atoms with E-state index < -0.39 is 0 Å². The molecular weight excluding hydrogens is 408 g/mol. The molecule has 0 saturated carbocycles. The van der Waals surface area contributed by atoms with Crippen molar-refractivity contribution in [3.63, 3.8) is 0 Å². The van der Waals surface area contributed by atoms with Crippen molar-refractivity contribution in [3.05, 3.63) is 40.1 Å². The van der Waals surface area contributed by atoms with Gasteiger partial charge < -0.3 is 15.0 Å². The van der Waals surface area contributed by atoms with Crippen LogP contribution in [0.4, 0.5) is 11.5 Å². The van der Waals surface area contributed by atoms with Gasteiger partial charge in [-0.25, -0.2) is 9.97 Å². The summed E-state index contributed by atoms with van der Waals surface area (Å²) >= 11 is 9.57. The van der Waals surface area contributed by atoms with Crippen molar-refractivity contribution in [1.29, 1.82) is 0 Å². The lowest BCUT2D eigenvalue weighted by molar-refractivity contribution is -0.120. The van der Waals surface area contributed by atoms with Crippen LogP contribution in [0, 0.1) is 5.92 Å². The summed E-state index contributed by atoms with van der Waals surface area (Å²) in [5.74, 6) is 1.21. The normalized spacial score (nSPS) is 15.1. The minimum absolute atomic E-state index is 0.0113. The van der Waals surface area contributed by atoms with Gasteiger partial charge in [-0.1, -0.05) is 11.6 Å². The summed E-state index contributed by atoms with van der Waals surface area (Å²) in [4.78, 5) is 23.2. The van der Waals surface area contributed by atoms with Gasteiger partial charge in [0.25, 0.3) is 0 Å². The summed E-state index contributed by atoms with van der Waals surface area (Å²) in [6.07, 6.45) is 4.86. The maximum Gasteiger partial charge on any atom is 0.232 e. The lowest BCUT2D eigenvalue weighted by Gasteiger charge is -2.32. The average molecular weight is 426 g/mol. The Bertz CT molecular complexity index is 766. The molecule has 1 fully saturated rings. The summed E-state index contributed by atoms with van der Waals surface area (Å²) in [5.41, 5.74) is 0.575. The van der Waals surface area contributed by atoms with E-state index in [-0.39, 0.29) is 11.8 Å². The van der Waals surface area contributed by atoms with Crippen LogP contribution >= 0.6 is 27.5 Å². The van der Waals surface area contributed by atoms with Crippen molar-refractivity contribution < 1.29 is 9.53 Å². The number of nitrogens with one attached hydrogen (secondary N) is 1. The number of methoxy groups -OCH3 is 1. The van der Waals surface area contributed by atoms with E-state index in [1.54, 1.807) is 18.5 Å². The van der Waals surface area contributed by atoms with Crippen LogP contribution in [0.5, 0.6) is 5.88 Å². The summed E-state index contributed by atoms with van der Waals surface area (Å²) in [7, 11) is 1.50. The number of hydrogen-bond acceptors (Lipinski definition) is 5. The number of hydrogen-bond donors (Lipinski definition) is 1. The first-order valence-electron chi connectivity index (χ1n) is 7.94. The second-order valence-corrected chi connectivity index (χ2v) is 7.04. The quantitative estimate of drug-likeness (QED) is 0.808. The molecule has 0 atom stereocenters. The van der Waals surface area contributed by atoms with Crippen molar-refractivity contribution in [3.8, 4) is 5.88 Å². The third-order valence-electron chi connectivity index (χ3n) is 4.17. The van der Waals surface area contributed by atoms with Crippen LogP contribution in [0.1, 0.15) is 12.8 Å². The number of amides is 1. The predicted molar refractivity (Wildman–Crippen MR) is 101 cm³/mol. The van der Waals surface area contributed by atoms with Crippen molar-refractivity contribution in [2.75, 3.05) is 30.4 Å². The van der Waals surface area contributed by atoms with Crippen molar-refractivity contribution in [2.45, 2.75) is 12.8 Å². The Balaban J connectivity index is 1.58. The fourth-order valence-corrected chi connectivity index (χ4v) is 3.60. The van der Waals surface area contributed by atoms with Gasteiger partial charge in [-0.2, -0.15) is 0 Å². The Hall–Kier alpha value is -1.86. The van der Waals surface area contributed by atoms with Gasteiger partial charge in [-0.15, -0.1) is 0 Å². The standard InChI is InChI=1S/C17H18BrClN4O2/c1-25-17-14(19)9-12(10-21-17)22-16(24)11-4-7-23(8-5-11)15-13(18)3-2-6-20-15/h2-3,6,9-11H,4-5,7-8H2,1H3,(H,22,24). The van der Waals surface area contributed by atoms with Crippen LogP contribution < -0.4 is 15.0 Å². The lowest BCUT2D eigenvalue weighted by Crippen LogP contribution is -2.38. The number of aromatic nitrogens is 2. The van der Waals surface area contributed by atoms with E-state index >= 15 is 0 Å². The zero-order chi connectivity index (χ0) is 17.8. The number of anilines is 2. The molecule has 0 aliphatic carbocycles. The number of ether oxygens (including phenoxy) is 1.